The third kappa shape index (κ3) is 1.82. The quantitative estimate of drug-likeness (QED) is 0.501. The minimum absolute atomic E-state index is 0.00852. The zero-order chi connectivity index (χ0) is 13.2. The standard InChI is InChI=1S/C17H11NO/c1-2-18-12-15(14-10-6-7-11-16(14)18)17(19)13-8-4-3-5-9-13/h1,3-12H. The second-order valence-corrected chi connectivity index (χ2v) is 4.25. The van der Waals surface area contributed by atoms with E-state index in [2.05, 4.69) is 6.04 Å². The molecular formula is C17H11NO. The number of para-hydroxylation sites is 1. The first-order valence-electron chi connectivity index (χ1n) is 5.97. The molecule has 0 aliphatic carbocycles. The molecule has 0 spiro atoms. The Hall–Kier alpha value is -2.79. The predicted octanol–water partition coefficient (Wildman–Crippen LogP) is 3.31. The molecule has 0 unspecified atom stereocenters. The van der Waals surface area contributed by atoms with E-state index >= 15 is 0 Å². The summed E-state index contributed by atoms with van der Waals surface area (Å²) in [5.41, 5.74) is 2.19. The topological polar surface area (TPSA) is 22.0 Å². The summed E-state index contributed by atoms with van der Waals surface area (Å²) < 4.78 is 1.64. The maximum Gasteiger partial charge on any atom is 0.195 e. The first-order chi connectivity index (χ1) is 9.31. The number of terminal acetylenes is 1. The molecule has 2 aromatic carbocycles. The largest absolute Gasteiger partial charge is 0.289 e. The maximum atomic E-state index is 12.5. The van der Waals surface area contributed by atoms with E-state index in [0.29, 0.717) is 11.1 Å². The van der Waals surface area contributed by atoms with Crippen LogP contribution in [0.3, 0.4) is 0 Å². The van der Waals surface area contributed by atoms with Crippen molar-refractivity contribution < 1.29 is 4.79 Å². The van der Waals surface area contributed by atoms with Gasteiger partial charge in [-0.25, -0.2) is 0 Å². The van der Waals surface area contributed by atoms with Crippen LogP contribution in [0.25, 0.3) is 10.9 Å². The lowest BCUT2D eigenvalue weighted by Crippen LogP contribution is -1.99. The third-order valence-corrected chi connectivity index (χ3v) is 3.13. The van der Waals surface area contributed by atoms with Crippen molar-refractivity contribution in [2.45, 2.75) is 0 Å². The Kier molecular flexibility index (Phi) is 2.66. The Morgan fingerprint density at radius 3 is 2.42 bits per heavy atom. The summed E-state index contributed by atoms with van der Waals surface area (Å²) in [7, 11) is 0. The van der Waals surface area contributed by atoms with Crippen molar-refractivity contribution in [1.82, 2.24) is 4.57 Å². The highest BCUT2D eigenvalue weighted by atomic mass is 16.1. The van der Waals surface area contributed by atoms with Crippen LogP contribution in [0.15, 0.2) is 60.8 Å². The van der Waals surface area contributed by atoms with E-state index in [1.54, 1.807) is 10.8 Å². The van der Waals surface area contributed by atoms with Crippen LogP contribution in [0, 0.1) is 12.5 Å². The van der Waals surface area contributed by atoms with Gasteiger partial charge in [-0.05, 0) is 6.07 Å². The maximum absolute atomic E-state index is 12.5. The molecule has 0 fully saturated rings. The van der Waals surface area contributed by atoms with E-state index in [0.717, 1.165) is 10.9 Å². The van der Waals surface area contributed by atoms with Crippen LogP contribution in [0.5, 0.6) is 0 Å². The SMILES string of the molecule is C#Cn1cc(C(=O)c2ccccc2)c2ccccc21. The minimum atomic E-state index is -0.00852. The number of fused-ring (bicyclic) bond motifs is 1. The normalized spacial score (nSPS) is 10.3. The number of hydrogen-bond donors (Lipinski definition) is 0. The van der Waals surface area contributed by atoms with Gasteiger partial charge in [-0.3, -0.25) is 9.36 Å². The summed E-state index contributed by atoms with van der Waals surface area (Å²) in [4.78, 5) is 12.5. The molecule has 0 saturated carbocycles. The predicted molar refractivity (Wildman–Crippen MR) is 76.0 cm³/mol. The summed E-state index contributed by atoms with van der Waals surface area (Å²) in [6, 6.07) is 19.4. The van der Waals surface area contributed by atoms with Crippen LogP contribution in [0.2, 0.25) is 0 Å². The van der Waals surface area contributed by atoms with Crippen LogP contribution in [0.1, 0.15) is 15.9 Å². The first-order valence-corrected chi connectivity index (χ1v) is 5.97. The van der Waals surface area contributed by atoms with E-state index in [1.165, 1.54) is 0 Å². The lowest BCUT2D eigenvalue weighted by atomic mass is 10.0. The van der Waals surface area contributed by atoms with Gasteiger partial charge in [0.25, 0.3) is 0 Å². The Morgan fingerprint density at radius 2 is 1.68 bits per heavy atom. The van der Waals surface area contributed by atoms with Crippen LogP contribution in [0.4, 0.5) is 0 Å². The molecule has 0 aliphatic rings. The van der Waals surface area contributed by atoms with Crippen LogP contribution in [-0.4, -0.2) is 10.4 Å². The van der Waals surface area contributed by atoms with E-state index in [9.17, 15) is 4.79 Å². The molecule has 2 heteroatoms. The van der Waals surface area contributed by atoms with Crippen molar-refractivity contribution in [2.75, 3.05) is 0 Å². The van der Waals surface area contributed by atoms with Gasteiger partial charge < -0.3 is 0 Å². The smallest absolute Gasteiger partial charge is 0.195 e. The first kappa shape index (κ1) is 11.3. The lowest BCUT2D eigenvalue weighted by molar-refractivity contribution is 0.104. The Bertz CT molecular complexity index is 791. The van der Waals surface area contributed by atoms with Crippen molar-refractivity contribution in [2.24, 2.45) is 0 Å². The van der Waals surface area contributed by atoms with E-state index in [1.807, 2.05) is 54.6 Å². The molecule has 0 amide bonds. The molecule has 0 N–H and O–H groups in total. The molecule has 0 atom stereocenters. The summed E-state index contributed by atoms with van der Waals surface area (Å²) in [6.45, 7) is 0. The van der Waals surface area contributed by atoms with Gasteiger partial charge >= 0.3 is 0 Å². The summed E-state index contributed by atoms with van der Waals surface area (Å²) in [6.07, 6.45) is 7.19. The van der Waals surface area contributed by atoms with Crippen LogP contribution < -0.4 is 0 Å². The number of carbonyl (C=O) groups is 1. The highest BCUT2D eigenvalue weighted by molar-refractivity contribution is 6.16. The molecule has 0 bridgehead atoms. The number of rotatable bonds is 2. The van der Waals surface area contributed by atoms with E-state index < -0.39 is 0 Å². The monoisotopic (exact) mass is 245 g/mol. The number of nitrogens with zero attached hydrogens (tertiary/aromatic N) is 1. The van der Waals surface area contributed by atoms with Gasteiger partial charge in [-0.15, -0.1) is 0 Å². The Balaban J connectivity index is 2.22. The molecule has 0 saturated heterocycles. The summed E-state index contributed by atoms with van der Waals surface area (Å²) in [5, 5.41) is 0.884. The van der Waals surface area contributed by atoms with Gasteiger partial charge in [0.2, 0.25) is 0 Å². The van der Waals surface area contributed by atoms with Crippen LogP contribution >= 0.6 is 0 Å². The molecule has 1 heterocycles. The van der Waals surface area contributed by atoms with Crippen molar-refractivity contribution in [3.8, 4) is 12.5 Å². The number of hydrogen-bond acceptors (Lipinski definition) is 1. The third-order valence-electron chi connectivity index (χ3n) is 3.13. The van der Waals surface area contributed by atoms with Crippen molar-refractivity contribution in [3.63, 3.8) is 0 Å². The number of ketones is 1. The zero-order valence-corrected chi connectivity index (χ0v) is 10.2. The average Bonchev–Trinajstić information content (AvgIpc) is 2.86. The number of benzene rings is 2. The molecule has 2 nitrogen and oxygen atoms in total. The van der Waals surface area contributed by atoms with Gasteiger partial charge in [0, 0.05) is 28.8 Å². The fraction of sp³-hybridized carbons (Fsp3) is 0. The van der Waals surface area contributed by atoms with Gasteiger partial charge in [-0.2, -0.15) is 0 Å². The molecule has 90 valence electrons. The van der Waals surface area contributed by atoms with Gasteiger partial charge in [-0.1, -0.05) is 55.0 Å². The Morgan fingerprint density at radius 1 is 1.00 bits per heavy atom. The van der Waals surface area contributed by atoms with Gasteiger partial charge in [0.05, 0.1) is 5.52 Å². The van der Waals surface area contributed by atoms with Crippen molar-refractivity contribution in [1.29, 1.82) is 0 Å². The Labute approximate surface area is 111 Å². The van der Waals surface area contributed by atoms with Crippen molar-refractivity contribution in [3.05, 3.63) is 71.9 Å². The average molecular weight is 245 g/mol. The molecule has 3 aromatic rings. The molecular weight excluding hydrogens is 234 g/mol. The van der Waals surface area contributed by atoms with Gasteiger partial charge in [0.15, 0.2) is 5.78 Å². The second kappa shape index (κ2) is 4.47. The molecule has 0 aliphatic heterocycles. The highest BCUT2D eigenvalue weighted by Gasteiger charge is 2.15. The van der Waals surface area contributed by atoms with Crippen molar-refractivity contribution >= 4 is 16.7 Å². The molecule has 3 rings (SSSR count). The fourth-order valence-electron chi connectivity index (χ4n) is 2.21. The van der Waals surface area contributed by atoms with Crippen LogP contribution in [-0.2, 0) is 0 Å². The van der Waals surface area contributed by atoms with E-state index in [4.69, 9.17) is 6.42 Å². The molecule has 0 radical (unpaired) electrons. The lowest BCUT2D eigenvalue weighted by Gasteiger charge is -1.98. The molecule has 1 aromatic heterocycles. The highest BCUT2D eigenvalue weighted by Crippen LogP contribution is 2.23. The minimum Gasteiger partial charge on any atom is -0.289 e. The number of carbonyl (C=O) groups excluding carboxylic acids is 1. The summed E-state index contributed by atoms with van der Waals surface area (Å²) >= 11 is 0. The van der Waals surface area contributed by atoms with Gasteiger partial charge in [0.1, 0.15) is 0 Å². The number of aromatic nitrogens is 1. The fourth-order valence-corrected chi connectivity index (χ4v) is 2.21. The second-order valence-electron chi connectivity index (χ2n) is 4.25. The zero-order valence-electron chi connectivity index (χ0n) is 10.2. The molecule has 19 heavy (non-hydrogen) atoms. The van der Waals surface area contributed by atoms with E-state index in [-0.39, 0.29) is 5.78 Å². The summed E-state index contributed by atoms with van der Waals surface area (Å²) in [5.74, 6) is -0.00852.